The van der Waals surface area contributed by atoms with E-state index in [1.807, 2.05) is 6.07 Å². The number of hydrogen-bond acceptors (Lipinski definition) is 1. The first-order chi connectivity index (χ1) is 5.20. The van der Waals surface area contributed by atoms with Crippen LogP contribution in [-0.2, 0) is 5.67 Å². The first kappa shape index (κ1) is 6.65. The zero-order valence-corrected chi connectivity index (χ0v) is 6.17. The molecule has 1 radical (unpaired) electrons. The summed E-state index contributed by atoms with van der Waals surface area (Å²) in [7, 11) is 0. The van der Waals surface area contributed by atoms with Crippen molar-refractivity contribution in [2.75, 3.05) is 0 Å². The quantitative estimate of drug-likeness (QED) is 0.553. The Hall–Kier alpha value is -1.05. The van der Waals surface area contributed by atoms with Gasteiger partial charge in [-0.1, -0.05) is 18.2 Å². The van der Waals surface area contributed by atoms with Gasteiger partial charge in [0.2, 0.25) is 0 Å². The third-order valence-electron chi connectivity index (χ3n) is 1.82. The Morgan fingerprint density at radius 3 is 2.82 bits per heavy atom. The van der Waals surface area contributed by atoms with Gasteiger partial charge in [0, 0.05) is 5.56 Å². The van der Waals surface area contributed by atoms with E-state index >= 15 is 0 Å². The van der Waals surface area contributed by atoms with Gasteiger partial charge in [0.1, 0.15) is 5.75 Å². The second-order valence-corrected chi connectivity index (χ2v) is 2.81. The summed E-state index contributed by atoms with van der Waals surface area (Å²) in [6, 6.07) is 7.13. The van der Waals surface area contributed by atoms with E-state index in [9.17, 15) is 4.39 Å². The molecule has 11 heavy (non-hydrogen) atoms. The predicted molar refractivity (Wildman–Crippen MR) is 39.8 cm³/mol. The molecule has 1 atom stereocenters. The van der Waals surface area contributed by atoms with E-state index < -0.39 is 5.67 Å². The highest BCUT2D eigenvalue weighted by Gasteiger charge is 2.36. The topological polar surface area (TPSA) is 9.23 Å². The van der Waals surface area contributed by atoms with Gasteiger partial charge in [-0.15, -0.1) is 0 Å². The second kappa shape index (κ2) is 1.97. The van der Waals surface area contributed by atoms with Crippen molar-refractivity contribution in [3.63, 3.8) is 0 Å². The van der Waals surface area contributed by atoms with Crippen molar-refractivity contribution >= 4 is 0 Å². The van der Waals surface area contributed by atoms with Crippen molar-refractivity contribution in [2.45, 2.75) is 12.6 Å². The van der Waals surface area contributed by atoms with E-state index in [0.717, 1.165) is 0 Å². The molecule has 0 N–H and O–H groups in total. The van der Waals surface area contributed by atoms with Crippen molar-refractivity contribution in [1.29, 1.82) is 0 Å². The minimum atomic E-state index is -1.42. The highest BCUT2D eigenvalue weighted by Crippen LogP contribution is 2.41. The summed E-state index contributed by atoms with van der Waals surface area (Å²) in [6.07, 6.45) is 0. The zero-order valence-electron chi connectivity index (χ0n) is 6.17. The molecule has 1 heterocycles. The largest absolute Gasteiger partial charge is 0.482 e. The molecule has 0 saturated heterocycles. The first-order valence-corrected chi connectivity index (χ1v) is 3.49. The van der Waals surface area contributed by atoms with Gasteiger partial charge in [-0.2, -0.15) is 0 Å². The molecular formula is C9H8FO. The SMILES string of the molecule is CC1(F)[CH]Oc2ccccc21. The lowest BCUT2D eigenvalue weighted by atomic mass is 10.0. The van der Waals surface area contributed by atoms with Crippen molar-refractivity contribution in [3.8, 4) is 5.75 Å². The van der Waals surface area contributed by atoms with E-state index in [1.54, 1.807) is 18.2 Å². The fourth-order valence-corrected chi connectivity index (χ4v) is 1.21. The van der Waals surface area contributed by atoms with Crippen LogP contribution in [0.3, 0.4) is 0 Å². The Kier molecular flexibility index (Phi) is 1.19. The number of halogens is 1. The lowest BCUT2D eigenvalue weighted by Crippen LogP contribution is -2.10. The van der Waals surface area contributed by atoms with Crippen LogP contribution < -0.4 is 4.74 Å². The number of alkyl halides is 1. The van der Waals surface area contributed by atoms with Crippen LogP contribution >= 0.6 is 0 Å². The highest BCUT2D eigenvalue weighted by atomic mass is 19.1. The van der Waals surface area contributed by atoms with Gasteiger partial charge in [-0.3, -0.25) is 0 Å². The number of benzene rings is 1. The highest BCUT2D eigenvalue weighted by molar-refractivity contribution is 5.43. The fourth-order valence-electron chi connectivity index (χ4n) is 1.21. The summed E-state index contributed by atoms with van der Waals surface area (Å²) in [5.41, 5.74) is -0.809. The van der Waals surface area contributed by atoms with Crippen LogP contribution in [0.1, 0.15) is 12.5 Å². The Labute approximate surface area is 64.8 Å². The maximum Gasteiger partial charge on any atom is 0.177 e. The van der Waals surface area contributed by atoms with E-state index in [1.165, 1.54) is 13.5 Å². The third-order valence-corrected chi connectivity index (χ3v) is 1.82. The third kappa shape index (κ3) is 0.897. The smallest absolute Gasteiger partial charge is 0.177 e. The lowest BCUT2D eigenvalue weighted by molar-refractivity contribution is 0.197. The molecule has 0 amide bonds. The molecule has 0 aromatic heterocycles. The van der Waals surface area contributed by atoms with Crippen LogP contribution in [0.4, 0.5) is 4.39 Å². The van der Waals surface area contributed by atoms with Gasteiger partial charge in [-0.05, 0) is 13.0 Å². The molecule has 2 heteroatoms. The average molecular weight is 151 g/mol. The second-order valence-electron chi connectivity index (χ2n) is 2.81. The predicted octanol–water partition coefficient (Wildman–Crippen LogP) is 2.43. The lowest BCUT2D eigenvalue weighted by Gasteiger charge is -2.08. The molecule has 0 fully saturated rings. The molecule has 0 spiro atoms. The van der Waals surface area contributed by atoms with Gasteiger partial charge in [0.05, 0.1) is 0 Å². The summed E-state index contributed by atoms with van der Waals surface area (Å²) < 4.78 is 18.4. The number of fused-ring (bicyclic) bond motifs is 1. The summed E-state index contributed by atoms with van der Waals surface area (Å²) in [5, 5.41) is 0. The zero-order chi connectivity index (χ0) is 7.90. The Bertz CT molecular complexity index is 281. The van der Waals surface area contributed by atoms with Gasteiger partial charge < -0.3 is 4.74 Å². The maximum atomic E-state index is 13.4. The Balaban J connectivity index is 2.56. The van der Waals surface area contributed by atoms with Crippen molar-refractivity contribution < 1.29 is 9.13 Å². The monoisotopic (exact) mass is 151 g/mol. The summed E-state index contributed by atoms with van der Waals surface area (Å²) in [4.78, 5) is 0. The summed E-state index contributed by atoms with van der Waals surface area (Å²) in [5.74, 6) is 0.623. The van der Waals surface area contributed by atoms with E-state index in [2.05, 4.69) is 0 Å². The van der Waals surface area contributed by atoms with Crippen LogP contribution in [0.25, 0.3) is 0 Å². The average Bonchev–Trinajstić information content (AvgIpc) is 2.29. The molecule has 57 valence electrons. The molecule has 1 aliphatic heterocycles. The van der Waals surface area contributed by atoms with Gasteiger partial charge in [0.25, 0.3) is 0 Å². The number of para-hydroxylation sites is 1. The van der Waals surface area contributed by atoms with Gasteiger partial charge in [0.15, 0.2) is 12.3 Å². The molecule has 1 aromatic rings. The molecule has 2 rings (SSSR count). The molecule has 0 saturated carbocycles. The molecular weight excluding hydrogens is 143 g/mol. The fraction of sp³-hybridized carbons (Fsp3) is 0.222. The Morgan fingerprint density at radius 1 is 1.36 bits per heavy atom. The standard InChI is InChI=1S/C9H8FO/c1-9(10)6-11-8-5-3-2-4-7(8)9/h2-6H,1H3. The van der Waals surface area contributed by atoms with E-state index in [-0.39, 0.29) is 0 Å². The van der Waals surface area contributed by atoms with Crippen LogP contribution in [0.15, 0.2) is 24.3 Å². The van der Waals surface area contributed by atoms with Crippen molar-refractivity contribution in [1.82, 2.24) is 0 Å². The van der Waals surface area contributed by atoms with Gasteiger partial charge >= 0.3 is 0 Å². The first-order valence-electron chi connectivity index (χ1n) is 3.49. The van der Waals surface area contributed by atoms with Gasteiger partial charge in [-0.25, -0.2) is 4.39 Å². The van der Waals surface area contributed by atoms with Crippen molar-refractivity contribution in [2.24, 2.45) is 0 Å². The number of rotatable bonds is 0. The molecule has 1 nitrogen and oxygen atoms in total. The summed E-state index contributed by atoms with van der Waals surface area (Å²) in [6.45, 7) is 2.70. The van der Waals surface area contributed by atoms with Crippen LogP contribution in [0, 0.1) is 6.61 Å². The Morgan fingerprint density at radius 2 is 2.09 bits per heavy atom. The van der Waals surface area contributed by atoms with E-state index in [4.69, 9.17) is 4.74 Å². The summed E-state index contributed by atoms with van der Waals surface area (Å²) >= 11 is 0. The van der Waals surface area contributed by atoms with Crippen LogP contribution in [-0.4, -0.2) is 0 Å². The molecule has 0 aliphatic carbocycles. The number of hydrogen-bond donors (Lipinski definition) is 0. The maximum absolute atomic E-state index is 13.4. The number of ether oxygens (including phenoxy) is 1. The van der Waals surface area contributed by atoms with Crippen LogP contribution in [0.5, 0.6) is 5.75 Å². The van der Waals surface area contributed by atoms with E-state index in [0.29, 0.717) is 11.3 Å². The minimum absolute atomic E-state index is 0.611. The molecule has 1 unspecified atom stereocenters. The molecule has 0 bridgehead atoms. The molecule has 1 aliphatic rings. The minimum Gasteiger partial charge on any atom is -0.482 e. The molecule has 1 aromatic carbocycles. The van der Waals surface area contributed by atoms with Crippen LogP contribution in [0.2, 0.25) is 0 Å². The van der Waals surface area contributed by atoms with Crippen molar-refractivity contribution in [3.05, 3.63) is 36.4 Å². The normalized spacial score (nSPS) is 27.8.